The third-order valence-corrected chi connectivity index (χ3v) is 2.52. The predicted molar refractivity (Wildman–Crippen MR) is 73.8 cm³/mol. The summed E-state index contributed by atoms with van der Waals surface area (Å²) in [5.41, 5.74) is 2.64. The Labute approximate surface area is 106 Å². The fraction of sp³-hybridized carbons (Fsp3) is 0.286. The quantitative estimate of drug-likeness (QED) is 0.851. The number of carbonyl (C=O) groups is 1. The van der Waals surface area contributed by atoms with E-state index in [9.17, 15) is 4.79 Å². The van der Waals surface area contributed by atoms with E-state index in [4.69, 9.17) is 0 Å². The molecule has 4 heteroatoms. The lowest BCUT2D eigenvalue weighted by atomic mass is 10.1. The number of nitrogens with one attached hydrogen (secondary N) is 2. The van der Waals surface area contributed by atoms with Crippen molar-refractivity contribution in [2.75, 3.05) is 5.32 Å². The number of amides is 2. The molecule has 2 aromatic rings. The van der Waals surface area contributed by atoms with Gasteiger partial charge in [0.1, 0.15) is 0 Å². The smallest absolute Gasteiger partial charge is 0.319 e. The van der Waals surface area contributed by atoms with Gasteiger partial charge in [-0.1, -0.05) is 6.07 Å². The average Bonchev–Trinajstić information content (AvgIpc) is 2.27. The highest BCUT2D eigenvalue weighted by Crippen LogP contribution is 2.23. The highest BCUT2D eigenvalue weighted by molar-refractivity contribution is 6.00. The van der Waals surface area contributed by atoms with Crippen LogP contribution in [0.25, 0.3) is 10.9 Å². The third kappa shape index (κ3) is 2.77. The summed E-state index contributed by atoms with van der Waals surface area (Å²) >= 11 is 0. The summed E-state index contributed by atoms with van der Waals surface area (Å²) in [6.45, 7) is 5.84. The molecule has 0 saturated heterocycles. The van der Waals surface area contributed by atoms with Crippen molar-refractivity contribution in [2.24, 2.45) is 0 Å². The molecule has 0 aliphatic heterocycles. The molecule has 0 radical (unpaired) electrons. The zero-order chi connectivity index (χ0) is 13.1. The fourth-order valence-electron chi connectivity index (χ4n) is 1.86. The van der Waals surface area contributed by atoms with E-state index in [1.54, 1.807) is 6.20 Å². The molecule has 0 bridgehead atoms. The van der Waals surface area contributed by atoms with Crippen molar-refractivity contribution < 1.29 is 4.79 Å². The van der Waals surface area contributed by atoms with Crippen molar-refractivity contribution in [3.63, 3.8) is 0 Å². The van der Waals surface area contributed by atoms with Crippen LogP contribution in [0.4, 0.5) is 10.5 Å². The summed E-state index contributed by atoms with van der Waals surface area (Å²) in [6.07, 6.45) is 1.73. The maximum absolute atomic E-state index is 11.7. The van der Waals surface area contributed by atoms with Crippen LogP contribution in [-0.4, -0.2) is 17.1 Å². The van der Waals surface area contributed by atoms with Gasteiger partial charge in [0.25, 0.3) is 0 Å². The Morgan fingerprint density at radius 3 is 2.83 bits per heavy atom. The van der Waals surface area contributed by atoms with Gasteiger partial charge in [0.05, 0.1) is 11.2 Å². The first kappa shape index (κ1) is 12.4. The molecule has 4 nitrogen and oxygen atoms in total. The van der Waals surface area contributed by atoms with Crippen LogP contribution in [-0.2, 0) is 0 Å². The molecule has 2 N–H and O–H groups in total. The molecule has 0 aliphatic rings. The van der Waals surface area contributed by atoms with E-state index in [1.807, 2.05) is 45.0 Å². The molecule has 1 aromatic carbocycles. The lowest BCUT2D eigenvalue weighted by molar-refractivity contribution is 0.250. The second kappa shape index (κ2) is 5.04. The number of benzene rings is 1. The summed E-state index contributed by atoms with van der Waals surface area (Å²) in [5.74, 6) is 0. The largest absolute Gasteiger partial charge is 0.336 e. The van der Waals surface area contributed by atoms with Crippen LogP contribution in [0.2, 0.25) is 0 Å². The molecule has 0 spiro atoms. The summed E-state index contributed by atoms with van der Waals surface area (Å²) in [5, 5.41) is 6.67. The number of hydrogen-bond donors (Lipinski definition) is 2. The molecule has 0 saturated carbocycles. The van der Waals surface area contributed by atoms with Crippen LogP contribution in [0.5, 0.6) is 0 Å². The van der Waals surface area contributed by atoms with Gasteiger partial charge in [-0.05, 0) is 44.5 Å². The summed E-state index contributed by atoms with van der Waals surface area (Å²) < 4.78 is 0. The van der Waals surface area contributed by atoms with E-state index in [0.717, 1.165) is 22.2 Å². The van der Waals surface area contributed by atoms with Gasteiger partial charge in [-0.15, -0.1) is 0 Å². The molecular formula is C14H17N3O. The van der Waals surface area contributed by atoms with E-state index >= 15 is 0 Å². The molecule has 0 unspecified atom stereocenters. The van der Waals surface area contributed by atoms with Crippen molar-refractivity contribution in [1.29, 1.82) is 0 Å². The van der Waals surface area contributed by atoms with Crippen LogP contribution in [0.15, 0.2) is 30.5 Å². The van der Waals surface area contributed by atoms with Gasteiger partial charge in [-0.25, -0.2) is 4.79 Å². The molecule has 2 amide bonds. The number of aromatic nitrogens is 1. The summed E-state index contributed by atoms with van der Waals surface area (Å²) in [6, 6.07) is 7.75. The van der Waals surface area contributed by atoms with E-state index in [0.29, 0.717) is 0 Å². The van der Waals surface area contributed by atoms with E-state index in [-0.39, 0.29) is 12.1 Å². The molecule has 18 heavy (non-hydrogen) atoms. The maximum atomic E-state index is 11.7. The maximum Gasteiger partial charge on any atom is 0.319 e. The summed E-state index contributed by atoms with van der Waals surface area (Å²) in [4.78, 5) is 16.0. The van der Waals surface area contributed by atoms with Gasteiger partial charge in [0.2, 0.25) is 0 Å². The number of anilines is 1. The fourth-order valence-corrected chi connectivity index (χ4v) is 1.86. The zero-order valence-electron chi connectivity index (χ0n) is 10.8. The molecule has 0 aliphatic carbocycles. The number of rotatable bonds is 2. The monoisotopic (exact) mass is 243 g/mol. The number of aryl methyl sites for hydroxylation is 1. The first-order chi connectivity index (χ1) is 8.56. The van der Waals surface area contributed by atoms with Crippen molar-refractivity contribution in [1.82, 2.24) is 10.3 Å². The first-order valence-corrected chi connectivity index (χ1v) is 5.99. The van der Waals surface area contributed by atoms with Crippen LogP contribution in [0.3, 0.4) is 0 Å². The minimum Gasteiger partial charge on any atom is -0.336 e. The second-order valence-corrected chi connectivity index (χ2v) is 4.64. The number of carbonyl (C=O) groups excluding carboxylic acids is 1. The van der Waals surface area contributed by atoms with Crippen molar-refractivity contribution >= 4 is 22.6 Å². The van der Waals surface area contributed by atoms with Crippen LogP contribution in [0.1, 0.15) is 19.4 Å². The van der Waals surface area contributed by atoms with Gasteiger partial charge in [-0.2, -0.15) is 0 Å². The predicted octanol–water partition coefficient (Wildman–Crippen LogP) is 3.07. The van der Waals surface area contributed by atoms with Gasteiger partial charge in [-0.3, -0.25) is 4.98 Å². The molecule has 94 valence electrons. The highest BCUT2D eigenvalue weighted by atomic mass is 16.2. The molecule has 0 fully saturated rings. The zero-order valence-corrected chi connectivity index (χ0v) is 10.8. The Balaban J connectivity index is 2.35. The SMILES string of the molecule is Cc1cc(NC(=O)NC(C)C)c2ncccc2c1. The van der Waals surface area contributed by atoms with Crippen molar-refractivity contribution in [3.05, 3.63) is 36.0 Å². The van der Waals surface area contributed by atoms with E-state index in [1.165, 1.54) is 0 Å². The Kier molecular flexibility index (Phi) is 3.46. The highest BCUT2D eigenvalue weighted by Gasteiger charge is 2.08. The molecule has 2 rings (SSSR count). The van der Waals surface area contributed by atoms with E-state index in [2.05, 4.69) is 15.6 Å². The van der Waals surface area contributed by atoms with Gasteiger partial charge in [0.15, 0.2) is 0 Å². The second-order valence-electron chi connectivity index (χ2n) is 4.64. The number of nitrogens with zero attached hydrogens (tertiary/aromatic N) is 1. The first-order valence-electron chi connectivity index (χ1n) is 5.99. The number of pyridine rings is 1. The van der Waals surface area contributed by atoms with Crippen molar-refractivity contribution in [2.45, 2.75) is 26.8 Å². The third-order valence-electron chi connectivity index (χ3n) is 2.52. The topological polar surface area (TPSA) is 54.0 Å². The van der Waals surface area contributed by atoms with Crippen LogP contribution < -0.4 is 10.6 Å². The van der Waals surface area contributed by atoms with E-state index < -0.39 is 0 Å². The minimum atomic E-state index is -0.206. The molecule has 1 aromatic heterocycles. The van der Waals surface area contributed by atoms with Gasteiger partial charge >= 0.3 is 6.03 Å². The van der Waals surface area contributed by atoms with Crippen LogP contribution in [0, 0.1) is 6.92 Å². The molecule has 0 atom stereocenters. The van der Waals surface area contributed by atoms with Gasteiger partial charge < -0.3 is 10.6 Å². The standard InChI is InChI=1S/C14H17N3O/c1-9(2)16-14(18)17-12-8-10(3)7-11-5-4-6-15-13(11)12/h4-9H,1-3H3,(H2,16,17,18). The number of hydrogen-bond acceptors (Lipinski definition) is 2. The van der Waals surface area contributed by atoms with Crippen LogP contribution >= 0.6 is 0 Å². The Morgan fingerprint density at radius 1 is 1.33 bits per heavy atom. The minimum absolute atomic E-state index is 0.106. The number of fused-ring (bicyclic) bond motifs is 1. The molecule has 1 heterocycles. The Morgan fingerprint density at radius 2 is 2.11 bits per heavy atom. The number of urea groups is 1. The van der Waals surface area contributed by atoms with Crippen molar-refractivity contribution in [3.8, 4) is 0 Å². The van der Waals surface area contributed by atoms with Gasteiger partial charge in [0, 0.05) is 17.6 Å². The lowest BCUT2D eigenvalue weighted by Gasteiger charge is -2.12. The average molecular weight is 243 g/mol. The summed E-state index contributed by atoms with van der Waals surface area (Å²) in [7, 11) is 0. The Hall–Kier alpha value is -2.10. The Bertz CT molecular complexity index is 578. The normalized spacial score (nSPS) is 10.7. The molecular weight excluding hydrogens is 226 g/mol. The lowest BCUT2D eigenvalue weighted by Crippen LogP contribution is -2.34.